The highest BCUT2D eigenvalue weighted by molar-refractivity contribution is 6.34. The number of aromatic nitrogens is 2. The lowest BCUT2D eigenvalue weighted by molar-refractivity contribution is -0.130. The highest BCUT2D eigenvalue weighted by Crippen LogP contribution is 2.28. The number of hydrogen-bond donors (Lipinski definition) is 0. The molecule has 0 bridgehead atoms. The Morgan fingerprint density at radius 2 is 1.80 bits per heavy atom. The number of hydrogen-bond acceptors (Lipinski definition) is 6. The highest BCUT2D eigenvalue weighted by atomic mass is 35.5. The van der Waals surface area contributed by atoms with Crippen molar-refractivity contribution in [1.29, 1.82) is 0 Å². The molecule has 8 nitrogen and oxygen atoms in total. The third-order valence-corrected chi connectivity index (χ3v) is 6.63. The molecule has 1 fully saturated rings. The van der Waals surface area contributed by atoms with Crippen LogP contribution in [0.2, 0.25) is 5.02 Å². The molecule has 0 radical (unpaired) electrons. The number of likely N-dealkylation sites (tertiary alicyclic amines) is 1. The minimum absolute atomic E-state index is 0.0962. The van der Waals surface area contributed by atoms with E-state index in [0.717, 1.165) is 18.7 Å². The summed E-state index contributed by atoms with van der Waals surface area (Å²) < 4.78 is 5.19. The molecule has 0 saturated carbocycles. The maximum absolute atomic E-state index is 13.5. The first-order valence-corrected chi connectivity index (χ1v) is 11.8. The quantitative estimate of drug-likeness (QED) is 0.496. The summed E-state index contributed by atoms with van der Waals surface area (Å²) in [5, 5.41) is 0.410. The number of carbonyl (C=O) groups excluding carboxylic acids is 2. The molecule has 0 spiro atoms. The first-order chi connectivity index (χ1) is 17.0. The van der Waals surface area contributed by atoms with Crippen LogP contribution in [0, 0.1) is 0 Å². The molecule has 1 saturated heterocycles. The van der Waals surface area contributed by atoms with E-state index in [1.807, 2.05) is 18.0 Å². The molecular formula is C26H28ClN5O3. The molecule has 0 aliphatic carbocycles. The number of halogens is 1. The smallest absolute Gasteiger partial charge is 0.258 e. The van der Waals surface area contributed by atoms with Crippen molar-refractivity contribution in [2.24, 2.45) is 0 Å². The van der Waals surface area contributed by atoms with Crippen molar-refractivity contribution in [3.63, 3.8) is 0 Å². The maximum atomic E-state index is 13.5. The number of piperidine rings is 1. The first-order valence-electron chi connectivity index (χ1n) is 11.4. The van der Waals surface area contributed by atoms with Gasteiger partial charge in [-0.25, -0.2) is 9.97 Å². The second-order valence-corrected chi connectivity index (χ2v) is 8.77. The van der Waals surface area contributed by atoms with Crippen molar-refractivity contribution in [1.82, 2.24) is 14.9 Å². The van der Waals surface area contributed by atoms with E-state index in [1.165, 1.54) is 11.2 Å². The molecule has 2 amide bonds. The second-order valence-electron chi connectivity index (χ2n) is 8.36. The number of anilines is 2. The number of nitrogens with zero attached hydrogens (tertiary/aromatic N) is 5. The van der Waals surface area contributed by atoms with Crippen molar-refractivity contribution >= 4 is 34.9 Å². The van der Waals surface area contributed by atoms with E-state index in [-0.39, 0.29) is 24.4 Å². The van der Waals surface area contributed by atoms with Gasteiger partial charge in [-0.2, -0.15) is 0 Å². The van der Waals surface area contributed by atoms with Crippen LogP contribution in [0.3, 0.4) is 0 Å². The number of benzene rings is 2. The van der Waals surface area contributed by atoms with Crippen LogP contribution in [0.15, 0.2) is 67.1 Å². The number of rotatable bonds is 7. The van der Waals surface area contributed by atoms with Crippen LogP contribution in [0.5, 0.6) is 5.75 Å². The molecular weight excluding hydrogens is 466 g/mol. The summed E-state index contributed by atoms with van der Waals surface area (Å²) >= 11 is 6.42. The number of carbonyl (C=O) groups is 2. The highest BCUT2D eigenvalue weighted by Gasteiger charge is 2.29. The van der Waals surface area contributed by atoms with E-state index >= 15 is 0 Å². The van der Waals surface area contributed by atoms with Crippen LogP contribution in [-0.2, 0) is 4.79 Å². The summed E-state index contributed by atoms with van der Waals surface area (Å²) in [6, 6.07) is 16.0. The van der Waals surface area contributed by atoms with Gasteiger partial charge >= 0.3 is 0 Å². The van der Waals surface area contributed by atoms with Gasteiger partial charge in [0.25, 0.3) is 5.91 Å². The molecule has 35 heavy (non-hydrogen) atoms. The van der Waals surface area contributed by atoms with Gasteiger partial charge in [0.15, 0.2) is 0 Å². The number of ether oxygens (including phenoxy) is 1. The van der Waals surface area contributed by atoms with Crippen LogP contribution in [-0.4, -0.2) is 66.5 Å². The molecule has 2 aromatic carbocycles. The van der Waals surface area contributed by atoms with Crippen LogP contribution in [0.1, 0.15) is 23.2 Å². The Kier molecular flexibility index (Phi) is 7.82. The van der Waals surface area contributed by atoms with Gasteiger partial charge in [-0.15, -0.1) is 0 Å². The van der Waals surface area contributed by atoms with Crippen LogP contribution in [0.4, 0.5) is 11.5 Å². The second kappa shape index (κ2) is 11.2. The van der Waals surface area contributed by atoms with E-state index < -0.39 is 0 Å². The Morgan fingerprint density at radius 1 is 1.09 bits per heavy atom. The molecule has 182 valence electrons. The van der Waals surface area contributed by atoms with Gasteiger partial charge in [0.05, 0.1) is 17.8 Å². The Bertz CT molecular complexity index is 1150. The lowest BCUT2D eigenvalue weighted by Gasteiger charge is -2.38. The van der Waals surface area contributed by atoms with Gasteiger partial charge in [-0.3, -0.25) is 14.5 Å². The van der Waals surface area contributed by atoms with E-state index in [9.17, 15) is 9.59 Å². The zero-order valence-corrected chi connectivity index (χ0v) is 20.6. The molecule has 1 aliphatic rings. The first kappa shape index (κ1) is 24.5. The van der Waals surface area contributed by atoms with Gasteiger partial charge in [-0.05, 0) is 55.3 Å². The van der Waals surface area contributed by atoms with Crippen LogP contribution >= 0.6 is 11.6 Å². The maximum Gasteiger partial charge on any atom is 0.258 e. The molecule has 0 unspecified atom stereocenters. The Balaban J connectivity index is 1.47. The zero-order valence-electron chi connectivity index (χ0n) is 19.8. The standard InChI is InChI=1S/C26H28ClN5O3/c1-30(24-11-14-28-18-29-24)20-12-15-31(16-13-20)25(33)17-32(23-6-4-3-5-22(23)27)26(34)19-7-9-21(35-2)10-8-19/h3-11,14,18,20H,12-13,15-17H2,1-2H3. The number of amides is 2. The summed E-state index contributed by atoms with van der Waals surface area (Å²) in [6.45, 7) is 1.11. The molecule has 3 aromatic rings. The van der Waals surface area contributed by atoms with Crippen molar-refractivity contribution in [3.8, 4) is 5.75 Å². The Hall–Kier alpha value is -3.65. The largest absolute Gasteiger partial charge is 0.497 e. The fourth-order valence-corrected chi connectivity index (χ4v) is 4.48. The molecule has 4 rings (SSSR count). The monoisotopic (exact) mass is 493 g/mol. The normalized spacial score (nSPS) is 13.9. The lowest BCUT2D eigenvalue weighted by Crippen LogP contribution is -2.49. The van der Waals surface area contributed by atoms with E-state index in [2.05, 4.69) is 14.9 Å². The van der Waals surface area contributed by atoms with Crippen LogP contribution in [0.25, 0.3) is 0 Å². The van der Waals surface area contributed by atoms with Crippen molar-refractivity contribution in [2.75, 3.05) is 43.6 Å². The minimum atomic E-state index is -0.299. The third kappa shape index (κ3) is 5.71. The van der Waals surface area contributed by atoms with Gasteiger partial charge in [0.2, 0.25) is 5.91 Å². The average Bonchev–Trinajstić information content (AvgIpc) is 2.92. The molecule has 9 heteroatoms. The molecule has 0 atom stereocenters. The van der Waals surface area contributed by atoms with Gasteiger partial charge in [0, 0.05) is 37.9 Å². The predicted octanol–water partition coefficient (Wildman–Crippen LogP) is 3.91. The molecule has 0 N–H and O–H groups in total. The van der Waals surface area contributed by atoms with Crippen LogP contribution < -0.4 is 14.5 Å². The zero-order chi connectivity index (χ0) is 24.8. The summed E-state index contributed by atoms with van der Waals surface area (Å²) in [6.07, 6.45) is 4.88. The Labute approximate surface area is 210 Å². The number of para-hydroxylation sites is 1. The summed E-state index contributed by atoms with van der Waals surface area (Å²) in [5.41, 5.74) is 0.949. The van der Waals surface area contributed by atoms with Crippen molar-refractivity contribution in [2.45, 2.75) is 18.9 Å². The summed E-state index contributed by atoms with van der Waals surface area (Å²) in [4.78, 5) is 40.4. The topological polar surface area (TPSA) is 78.9 Å². The average molecular weight is 494 g/mol. The van der Waals surface area contributed by atoms with E-state index in [4.69, 9.17) is 16.3 Å². The predicted molar refractivity (Wildman–Crippen MR) is 136 cm³/mol. The fourth-order valence-electron chi connectivity index (χ4n) is 4.24. The molecule has 1 aromatic heterocycles. The number of methoxy groups -OCH3 is 1. The molecule has 1 aliphatic heterocycles. The minimum Gasteiger partial charge on any atom is -0.497 e. The van der Waals surface area contributed by atoms with Crippen molar-refractivity contribution in [3.05, 3.63) is 77.7 Å². The summed E-state index contributed by atoms with van der Waals surface area (Å²) in [7, 11) is 3.58. The van der Waals surface area contributed by atoms with Gasteiger partial charge < -0.3 is 14.5 Å². The third-order valence-electron chi connectivity index (χ3n) is 6.31. The van der Waals surface area contributed by atoms with E-state index in [0.29, 0.717) is 35.1 Å². The SMILES string of the molecule is COc1ccc(C(=O)N(CC(=O)N2CCC(N(C)c3ccncn3)CC2)c2ccccc2Cl)cc1. The lowest BCUT2D eigenvalue weighted by atomic mass is 10.0. The molecule has 2 heterocycles. The van der Waals surface area contributed by atoms with Crippen molar-refractivity contribution < 1.29 is 14.3 Å². The Morgan fingerprint density at radius 3 is 2.43 bits per heavy atom. The van der Waals surface area contributed by atoms with E-state index in [1.54, 1.807) is 61.8 Å². The summed E-state index contributed by atoms with van der Waals surface area (Å²) in [5.74, 6) is 1.10. The fraction of sp³-hybridized carbons (Fsp3) is 0.308. The van der Waals surface area contributed by atoms with Gasteiger partial charge in [-0.1, -0.05) is 23.7 Å². The van der Waals surface area contributed by atoms with Gasteiger partial charge in [0.1, 0.15) is 24.4 Å².